The highest BCUT2D eigenvalue weighted by Crippen LogP contribution is 2.17. The predicted molar refractivity (Wildman–Crippen MR) is 62.4 cm³/mol. The molecule has 1 saturated carbocycles. The number of hydrogen-bond acceptors (Lipinski definition) is 1. The van der Waals surface area contributed by atoms with Gasteiger partial charge in [-0.25, -0.2) is 0 Å². The van der Waals surface area contributed by atoms with Crippen LogP contribution < -0.4 is 10.6 Å². The zero-order valence-corrected chi connectivity index (χ0v) is 8.86. The first-order valence-electron chi connectivity index (χ1n) is 5.05. The van der Waals surface area contributed by atoms with E-state index in [0.717, 1.165) is 10.8 Å². The number of thiocarbonyl (C=S) groups is 1. The first-order valence-corrected chi connectivity index (χ1v) is 5.46. The average Bonchev–Trinajstić information content (AvgIpc) is 2.76. The van der Waals surface area contributed by atoms with E-state index in [1.807, 2.05) is 18.5 Å². The maximum absolute atomic E-state index is 5.20. The summed E-state index contributed by atoms with van der Waals surface area (Å²) in [6.45, 7) is 0. The van der Waals surface area contributed by atoms with Crippen molar-refractivity contribution in [2.45, 2.75) is 31.7 Å². The molecule has 1 aliphatic carbocycles. The minimum absolute atomic E-state index is 0.578. The third kappa shape index (κ3) is 2.48. The Morgan fingerprint density at radius 1 is 1.43 bits per heavy atom. The van der Waals surface area contributed by atoms with E-state index in [1.54, 1.807) is 0 Å². The Morgan fingerprint density at radius 2 is 2.21 bits per heavy atom. The van der Waals surface area contributed by atoms with Gasteiger partial charge in [-0.2, -0.15) is 0 Å². The van der Waals surface area contributed by atoms with Gasteiger partial charge in [0.25, 0.3) is 0 Å². The molecule has 1 aromatic rings. The molecule has 0 atom stereocenters. The molecule has 76 valence electrons. The summed E-state index contributed by atoms with van der Waals surface area (Å²) in [4.78, 5) is 2.98. The molecule has 0 amide bonds. The maximum Gasteiger partial charge on any atom is 0.171 e. The van der Waals surface area contributed by atoms with Crippen molar-refractivity contribution in [1.29, 1.82) is 0 Å². The molecule has 14 heavy (non-hydrogen) atoms. The molecule has 1 aromatic heterocycles. The molecule has 0 saturated heterocycles. The molecule has 3 N–H and O–H groups in total. The molecule has 0 radical (unpaired) electrons. The third-order valence-electron chi connectivity index (χ3n) is 2.55. The molecule has 0 unspecified atom stereocenters. The van der Waals surface area contributed by atoms with Gasteiger partial charge in [0.2, 0.25) is 0 Å². The highest BCUT2D eigenvalue weighted by molar-refractivity contribution is 7.80. The minimum Gasteiger partial charge on any atom is -0.366 e. The van der Waals surface area contributed by atoms with Gasteiger partial charge in [-0.3, -0.25) is 0 Å². The normalized spacial score (nSPS) is 16.9. The Labute approximate surface area is 89.3 Å². The van der Waals surface area contributed by atoms with Gasteiger partial charge >= 0.3 is 0 Å². The summed E-state index contributed by atoms with van der Waals surface area (Å²) in [5.41, 5.74) is 1.01. The number of H-pyrrole nitrogens is 1. The molecule has 3 nitrogen and oxygen atoms in total. The smallest absolute Gasteiger partial charge is 0.171 e. The first-order chi connectivity index (χ1) is 6.84. The second kappa shape index (κ2) is 4.46. The van der Waals surface area contributed by atoms with E-state index in [1.165, 1.54) is 25.7 Å². The van der Waals surface area contributed by atoms with Gasteiger partial charge in [-0.05, 0) is 31.1 Å². The lowest BCUT2D eigenvalue weighted by Crippen LogP contribution is -2.35. The summed E-state index contributed by atoms with van der Waals surface area (Å²) in [5.74, 6) is 0. The van der Waals surface area contributed by atoms with Gasteiger partial charge in [0.05, 0.1) is 5.69 Å². The largest absolute Gasteiger partial charge is 0.366 e. The summed E-state index contributed by atoms with van der Waals surface area (Å²) in [6.07, 6.45) is 8.90. The second-order valence-electron chi connectivity index (χ2n) is 3.68. The van der Waals surface area contributed by atoms with Crippen LogP contribution in [0, 0.1) is 0 Å². The van der Waals surface area contributed by atoms with Crippen LogP contribution in [0.3, 0.4) is 0 Å². The predicted octanol–water partition coefficient (Wildman–Crippen LogP) is 2.24. The van der Waals surface area contributed by atoms with Gasteiger partial charge in [0.15, 0.2) is 5.11 Å². The molecule has 2 rings (SSSR count). The van der Waals surface area contributed by atoms with Crippen molar-refractivity contribution in [3.63, 3.8) is 0 Å². The standard InChI is InChI=1S/C10H15N3S/c14-10(12-8-3-1-2-4-8)13-9-5-6-11-7-9/h5-8,11H,1-4H2,(H2,12,13,14). The van der Waals surface area contributed by atoms with E-state index < -0.39 is 0 Å². The van der Waals surface area contributed by atoms with Gasteiger partial charge in [-0.15, -0.1) is 0 Å². The summed E-state index contributed by atoms with van der Waals surface area (Å²) in [5, 5.41) is 7.19. The zero-order valence-electron chi connectivity index (χ0n) is 8.05. The fraction of sp³-hybridized carbons (Fsp3) is 0.500. The number of aromatic nitrogens is 1. The molecule has 0 bridgehead atoms. The van der Waals surface area contributed by atoms with Crippen molar-refractivity contribution in [3.05, 3.63) is 18.5 Å². The molecule has 4 heteroatoms. The van der Waals surface area contributed by atoms with Crippen molar-refractivity contribution in [1.82, 2.24) is 10.3 Å². The second-order valence-corrected chi connectivity index (χ2v) is 4.09. The van der Waals surface area contributed by atoms with Gasteiger partial charge < -0.3 is 15.6 Å². The quantitative estimate of drug-likeness (QED) is 0.654. The monoisotopic (exact) mass is 209 g/mol. The Morgan fingerprint density at radius 3 is 2.86 bits per heavy atom. The molecule has 1 heterocycles. The summed E-state index contributed by atoms with van der Waals surface area (Å²) < 4.78 is 0. The Hall–Kier alpha value is -1.03. The van der Waals surface area contributed by atoms with Crippen molar-refractivity contribution >= 4 is 23.0 Å². The van der Waals surface area contributed by atoms with Crippen LogP contribution in [0.1, 0.15) is 25.7 Å². The average molecular weight is 209 g/mol. The van der Waals surface area contributed by atoms with Crippen LogP contribution in [0.4, 0.5) is 5.69 Å². The van der Waals surface area contributed by atoms with E-state index in [4.69, 9.17) is 12.2 Å². The van der Waals surface area contributed by atoms with Crippen molar-refractivity contribution in [3.8, 4) is 0 Å². The highest BCUT2D eigenvalue weighted by atomic mass is 32.1. The van der Waals surface area contributed by atoms with E-state index in [0.29, 0.717) is 6.04 Å². The van der Waals surface area contributed by atoms with Crippen LogP contribution in [0.25, 0.3) is 0 Å². The molecule has 1 aliphatic rings. The Bertz CT molecular complexity index is 288. The lowest BCUT2D eigenvalue weighted by molar-refractivity contribution is 0.634. The highest BCUT2D eigenvalue weighted by Gasteiger charge is 2.15. The first kappa shape index (κ1) is 9.52. The van der Waals surface area contributed by atoms with Crippen LogP contribution in [-0.4, -0.2) is 16.1 Å². The Kier molecular flexibility index (Phi) is 3.03. The number of aromatic amines is 1. The number of hydrogen-bond donors (Lipinski definition) is 3. The Balaban J connectivity index is 1.78. The van der Waals surface area contributed by atoms with Crippen molar-refractivity contribution in [2.24, 2.45) is 0 Å². The van der Waals surface area contributed by atoms with E-state index in [2.05, 4.69) is 15.6 Å². The van der Waals surface area contributed by atoms with E-state index in [-0.39, 0.29) is 0 Å². The summed E-state index contributed by atoms with van der Waals surface area (Å²) >= 11 is 5.20. The van der Waals surface area contributed by atoms with E-state index in [9.17, 15) is 0 Å². The lowest BCUT2D eigenvalue weighted by atomic mass is 10.3. The van der Waals surface area contributed by atoms with Crippen LogP contribution in [0.2, 0.25) is 0 Å². The fourth-order valence-electron chi connectivity index (χ4n) is 1.82. The van der Waals surface area contributed by atoms with Gasteiger partial charge in [0.1, 0.15) is 0 Å². The molecule has 0 aromatic carbocycles. The summed E-state index contributed by atoms with van der Waals surface area (Å²) in [7, 11) is 0. The maximum atomic E-state index is 5.20. The molecule has 0 spiro atoms. The van der Waals surface area contributed by atoms with Gasteiger partial charge in [-0.1, -0.05) is 12.8 Å². The summed E-state index contributed by atoms with van der Waals surface area (Å²) in [6, 6.07) is 2.54. The molecular formula is C10H15N3S. The molecule has 0 aliphatic heterocycles. The number of rotatable bonds is 2. The fourth-order valence-corrected chi connectivity index (χ4v) is 2.11. The van der Waals surface area contributed by atoms with Crippen molar-refractivity contribution in [2.75, 3.05) is 5.32 Å². The molecular weight excluding hydrogens is 194 g/mol. The topological polar surface area (TPSA) is 39.9 Å². The minimum atomic E-state index is 0.578. The van der Waals surface area contributed by atoms with Crippen LogP contribution in [-0.2, 0) is 0 Å². The molecule has 1 fully saturated rings. The van der Waals surface area contributed by atoms with Gasteiger partial charge in [0, 0.05) is 18.4 Å². The number of anilines is 1. The van der Waals surface area contributed by atoms with Crippen LogP contribution in [0.15, 0.2) is 18.5 Å². The SMILES string of the molecule is S=C(Nc1cc[nH]c1)NC1CCCC1. The lowest BCUT2D eigenvalue weighted by Gasteiger charge is -2.14. The third-order valence-corrected chi connectivity index (χ3v) is 2.77. The van der Waals surface area contributed by atoms with E-state index >= 15 is 0 Å². The van der Waals surface area contributed by atoms with Crippen LogP contribution in [0.5, 0.6) is 0 Å². The zero-order chi connectivity index (χ0) is 9.80. The van der Waals surface area contributed by atoms with Crippen molar-refractivity contribution < 1.29 is 0 Å². The van der Waals surface area contributed by atoms with Crippen LogP contribution >= 0.6 is 12.2 Å². The number of nitrogens with one attached hydrogen (secondary N) is 3.